The summed E-state index contributed by atoms with van der Waals surface area (Å²) in [5.41, 5.74) is 2.89. The lowest BCUT2D eigenvalue weighted by atomic mass is 10.0. The number of hydrogen-bond acceptors (Lipinski definition) is 5. The molecule has 2 aliphatic heterocycles. The Bertz CT molecular complexity index is 719. The number of ether oxygens (including phenoxy) is 2. The lowest BCUT2D eigenvalue weighted by Crippen LogP contribution is -2.50. The highest BCUT2D eigenvalue weighted by Crippen LogP contribution is 2.29. The summed E-state index contributed by atoms with van der Waals surface area (Å²) in [5, 5.41) is 2.92. The second-order valence-electron chi connectivity index (χ2n) is 8.21. The van der Waals surface area contributed by atoms with E-state index in [0.717, 1.165) is 25.2 Å². The van der Waals surface area contributed by atoms with E-state index < -0.39 is 22.7 Å². The predicted octanol–water partition coefficient (Wildman–Crippen LogP) is 2.39. The van der Waals surface area contributed by atoms with Crippen LogP contribution in [0.4, 0.5) is 10.5 Å². The molecule has 2 N–H and O–H groups in total. The molecule has 0 radical (unpaired) electrons. The van der Waals surface area contributed by atoms with Crippen LogP contribution in [0.2, 0.25) is 0 Å². The quantitative estimate of drug-likeness (QED) is 0.818. The summed E-state index contributed by atoms with van der Waals surface area (Å²) in [7, 11) is -1.08. The Morgan fingerprint density at radius 3 is 2.70 bits per heavy atom. The molecule has 2 aliphatic rings. The number of amides is 1. The van der Waals surface area contributed by atoms with Crippen LogP contribution in [0.15, 0.2) is 18.2 Å². The van der Waals surface area contributed by atoms with Gasteiger partial charge < -0.3 is 19.5 Å². The Hall–Kier alpha value is -1.64. The number of alkyl carbamates (subject to hydrolysis) is 1. The third-order valence-corrected chi connectivity index (χ3v) is 5.16. The lowest BCUT2D eigenvalue weighted by Gasteiger charge is -2.35. The van der Waals surface area contributed by atoms with Crippen molar-refractivity contribution in [3.05, 3.63) is 29.3 Å². The zero-order chi connectivity index (χ0) is 19.6. The minimum Gasteiger partial charge on any atom is -0.444 e. The normalized spacial score (nSPS) is 24.1. The van der Waals surface area contributed by atoms with Gasteiger partial charge in [-0.3, -0.25) is 4.90 Å². The second-order valence-corrected chi connectivity index (χ2v) is 9.33. The first-order valence-corrected chi connectivity index (χ1v) is 10.8. The minimum absolute atomic E-state index is 0.0537. The van der Waals surface area contributed by atoms with E-state index in [2.05, 4.69) is 27.1 Å². The highest BCUT2D eigenvalue weighted by molar-refractivity contribution is 7.85. The van der Waals surface area contributed by atoms with Gasteiger partial charge in [0, 0.05) is 31.1 Å². The largest absolute Gasteiger partial charge is 0.444 e. The van der Waals surface area contributed by atoms with Crippen molar-refractivity contribution in [3.63, 3.8) is 0 Å². The van der Waals surface area contributed by atoms with Gasteiger partial charge in [0.2, 0.25) is 0 Å². The van der Waals surface area contributed by atoms with Crippen LogP contribution in [0.1, 0.15) is 38.3 Å². The van der Waals surface area contributed by atoms with Gasteiger partial charge in [0.25, 0.3) is 0 Å². The van der Waals surface area contributed by atoms with E-state index in [0.29, 0.717) is 13.2 Å². The minimum atomic E-state index is -1.08. The third-order valence-electron chi connectivity index (χ3n) is 4.64. The average Bonchev–Trinajstić information content (AvgIpc) is 2.96. The number of fused-ring (bicyclic) bond motifs is 1. The number of carbonyl (C=O) groups is 1. The summed E-state index contributed by atoms with van der Waals surface area (Å²) in [4.78, 5) is 14.4. The van der Waals surface area contributed by atoms with Crippen molar-refractivity contribution in [1.29, 1.82) is 0 Å². The molecule has 3 unspecified atom stereocenters. The zero-order valence-electron chi connectivity index (χ0n) is 16.4. The van der Waals surface area contributed by atoms with Crippen molar-refractivity contribution in [2.75, 3.05) is 24.2 Å². The molecule has 1 fully saturated rings. The van der Waals surface area contributed by atoms with Gasteiger partial charge in [-0.15, -0.1) is 0 Å². The van der Waals surface area contributed by atoms with Crippen LogP contribution >= 0.6 is 0 Å². The van der Waals surface area contributed by atoms with Crippen LogP contribution in [-0.4, -0.2) is 52.4 Å². The number of hydrogen-bond donors (Lipinski definition) is 2. The molecule has 7 nitrogen and oxygen atoms in total. The van der Waals surface area contributed by atoms with E-state index in [4.69, 9.17) is 9.47 Å². The molecule has 0 bridgehead atoms. The van der Waals surface area contributed by atoms with Crippen molar-refractivity contribution >= 4 is 22.8 Å². The molecule has 0 aliphatic carbocycles. The summed E-state index contributed by atoms with van der Waals surface area (Å²) in [5.74, 6) is 0. The Balaban J connectivity index is 1.57. The predicted molar refractivity (Wildman–Crippen MR) is 106 cm³/mol. The van der Waals surface area contributed by atoms with Crippen LogP contribution < -0.4 is 10.0 Å². The van der Waals surface area contributed by atoms with Crippen molar-refractivity contribution in [2.45, 2.75) is 58.0 Å². The van der Waals surface area contributed by atoms with Crippen molar-refractivity contribution in [2.24, 2.45) is 0 Å². The summed E-state index contributed by atoms with van der Waals surface area (Å²) in [6, 6.07) is 6.31. The number of nitrogens with one attached hydrogen (secondary N) is 2. The van der Waals surface area contributed by atoms with Gasteiger partial charge in [-0.05, 0) is 50.5 Å². The fourth-order valence-electron chi connectivity index (χ4n) is 3.55. The summed E-state index contributed by atoms with van der Waals surface area (Å²) >= 11 is 0. The smallest absolute Gasteiger partial charge is 0.407 e. The van der Waals surface area contributed by atoms with Crippen molar-refractivity contribution in [1.82, 2.24) is 10.2 Å². The average molecular weight is 396 g/mol. The van der Waals surface area contributed by atoms with Crippen molar-refractivity contribution < 1.29 is 18.5 Å². The molecule has 2 heterocycles. The first kappa shape index (κ1) is 20.1. The van der Waals surface area contributed by atoms with E-state index in [1.54, 1.807) is 6.26 Å². The molecule has 27 heavy (non-hydrogen) atoms. The van der Waals surface area contributed by atoms with Gasteiger partial charge in [-0.25, -0.2) is 9.00 Å². The maximum atomic E-state index is 12.0. The van der Waals surface area contributed by atoms with Gasteiger partial charge in [-0.1, -0.05) is 6.07 Å². The molecular formula is C19H29N3O4S. The first-order valence-electron chi connectivity index (χ1n) is 9.23. The molecule has 0 saturated carbocycles. The van der Waals surface area contributed by atoms with E-state index >= 15 is 0 Å². The van der Waals surface area contributed by atoms with E-state index in [1.807, 2.05) is 26.8 Å². The molecular weight excluding hydrogens is 366 g/mol. The Kier molecular flexibility index (Phi) is 6.08. The molecule has 3 rings (SSSR count). The Labute approximate surface area is 163 Å². The lowest BCUT2D eigenvalue weighted by molar-refractivity contribution is -0.00782. The van der Waals surface area contributed by atoms with Crippen LogP contribution in [0.25, 0.3) is 0 Å². The van der Waals surface area contributed by atoms with Gasteiger partial charge >= 0.3 is 6.09 Å². The molecule has 8 heteroatoms. The fraction of sp³-hybridized carbons (Fsp3) is 0.632. The standard InChI is InChI=1S/C19H29N3O4S/c1-19(2,3)26-18(23)20-16-8-17(12-25-11-16)22-9-13-5-6-15(21-27(4)24)7-14(13)10-22/h5-7,16-17,21H,8-12H2,1-4H3,(H,20,23). The van der Waals surface area contributed by atoms with Gasteiger partial charge in [-0.2, -0.15) is 0 Å². The summed E-state index contributed by atoms with van der Waals surface area (Å²) in [6.45, 7) is 8.41. The molecule has 3 atom stereocenters. The monoisotopic (exact) mass is 395 g/mol. The number of rotatable bonds is 4. The maximum Gasteiger partial charge on any atom is 0.407 e. The fourth-order valence-corrected chi connectivity index (χ4v) is 4.01. The van der Waals surface area contributed by atoms with Crippen LogP contribution in [0.5, 0.6) is 0 Å². The number of nitrogens with zero attached hydrogens (tertiary/aromatic N) is 1. The van der Waals surface area contributed by atoms with Gasteiger partial charge in [0.15, 0.2) is 0 Å². The Morgan fingerprint density at radius 1 is 1.26 bits per heavy atom. The van der Waals surface area contributed by atoms with Crippen LogP contribution in [-0.2, 0) is 33.5 Å². The van der Waals surface area contributed by atoms with Crippen LogP contribution in [0, 0.1) is 0 Å². The van der Waals surface area contributed by atoms with E-state index in [1.165, 1.54) is 11.1 Å². The highest BCUT2D eigenvalue weighted by Gasteiger charge is 2.32. The number of anilines is 1. The second kappa shape index (κ2) is 8.16. The molecule has 1 saturated heterocycles. The molecule has 1 amide bonds. The van der Waals surface area contributed by atoms with Gasteiger partial charge in [0.05, 0.1) is 19.3 Å². The van der Waals surface area contributed by atoms with E-state index in [9.17, 15) is 9.00 Å². The molecule has 1 aromatic rings. The summed E-state index contributed by atoms with van der Waals surface area (Å²) < 4.78 is 25.4. The van der Waals surface area contributed by atoms with E-state index in [-0.39, 0.29) is 12.1 Å². The number of carbonyl (C=O) groups excluding carboxylic acids is 1. The molecule has 1 aromatic carbocycles. The summed E-state index contributed by atoms with van der Waals surface area (Å²) in [6.07, 6.45) is 2.05. The zero-order valence-corrected chi connectivity index (χ0v) is 17.2. The van der Waals surface area contributed by atoms with Crippen LogP contribution in [0.3, 0.4) is 0 Å². The molecule has 150 valence electrons. The van der Waals surface area contributed by atoms with Gasteiger partial charge in [0.1, 0.15) is 16.6 Å². The highest BCUT2D eigenvalue weighted by atomic mass is 32.2. The molecule has 0 spiro atoms. The number of benzene rings is 1. The molecule has 0 aromatic heterocycles. The Morgan fingerprint density at radius 2 is 2.00 bits per heavy atom. The third kappa shape index (κ3) is 5.67. The first-order chi connectivity index (χ1) is 12.7. The SMILES string of the molecule is CS(=O)Nc1ccc2c(c1)CN(C1COCC(NC(=O)OC(C)(C)C)C1)C2. The van der Waals surface area contributed by atoms with Crippen molar-refractivity contribution in [3.8, 4) is 0 Å². The maximum absolute atomic E-state index is 12.0. The topological polar surface area (TPSA) is 79.9 Å².